The summed E-state index contributed by atoms with van der Waals surface area (Å²) in [6.45, 7) is 7.97. The van der Waals surface area contributed by atoms with Crippen LogP contribution in [0, 0.1) is 5.82 Å². The fourth-order valence-corrected chi connectivity index (χ4v) is 3.52. The summed E-state index contributed by atoms with van der Waals surface area (Å²) >= 11 is 3.07. The molecule has 3 rings (SSSR count). The van der Waals surface area contributed by atoms with Crippen molar-refractivity contribution in [3.8, 4) is 5.75 Å². The third kappa shape index (κ3) is 4.90. The molecule has 2 aromatic rings. The summed E-state index contributed by atoms with van der Waals surface area (Å²) in [4.78, 5) is 19.5. The molecule has 1 fully saturated rings. The van der Waals surface area contributed by atoms with Gasteiger partial charge in [0.2, 0.25) is 0 Å². The molecule has 1 saturated heterocycles. The molecule has 12 heteroatoms. The number of anilines is 1. The Morgan fingerprint density at radius 3 is 2.53 bits per heavy atom. The first-order chi connectivity index (χ1) is 13.7. The first kappa shape index (κ1) is 22.4. The third-order valence-corrected chi connectivity index (χ3v) is 4.85. The van der Waals surface area contributed by atoms with E-state index in [9.17, 15) is 22.4 Å². The Hall–Kier alpha value is -2.24. The molecule has 1 amide bonds. The van der Waals surface area contributed by atoms with Crippen molar-refractivity contribution in [3.05, 3.63) is 16.4 Å². The maximum atomic E-state index is 14.1. The number of fused-ring (bicyclic) bond motifs is 1. The summed E-state index contributed by atoms with van der Waals surface area (Å²) in [6.07, 6.45) is -5.55. The Balaban J connectivity index is 1.87. The van der Waals surface area contributed by atoms with Gasteiger partial charge in [0.1, 0.15) is 5.60 Å². The predicted molar refractivity (Wildman–Crippen MR) is 103 cm³/mol. The molecule has 0 bridgehead atoms. The van der Waals surface area contributed by atoms with Gasteiger partial charge in [0.15, 0.2) is 22.7 Å². The molecular weight excluding hydrogens is 478 g/mol. The van der Waals surface area contributed by atoms with Gasteiger partial charge in [0.05, 0.1) is 4.47 Å². The highest BCUT2D eigenvalue weighted by molar-refractivity contribution is 9.10. The minimum absolute atomic E-state index is 0.000312. The molecule has 0 spiro atoms. The molecule has 0 saturated carbocycles. The number of rotatable bonds is 2. The number of piperazine rings is 1. The normalized spacial score (nSPS) is 18.1. The van der Waals surface area contributed by atoms with Crippen molar-refractivity contribution in [2.24, 2.45) is 0 Å². The lowest BCUT2D eigenvalue weighted by molar-refractivity contribution is -0.275. The van der Waals surface area contributed by atoms with Gasteiger partial charge < -0.3 is 23.7 Å². The first-order valence-corrected chi connectivity index (χ1v) is 9.83. The van der Waals surface area contributed by atoms with Crippen molar-refractivity contribution in [1.82, 2.24) is 9.88 Å². The SMILES string of the molecule is CC1CN(C(=O)OC(C)(C)C)CCN1c1nc2c(OC(F)(F)F)c(F)cc(Br)c2o1. The lowest BCUT2D eigenvalue weighted by Gasteiger charge is -2.39. The van der Waals surface area contributed by atoms with Crippen molar-refractivity contribution in [2.45, 2.75) is 45.7 Å². The number of halogens is 5. The molecule has 1 aliphatic heterocycles. The number of nitrogens with zero attached hydrogens (tertiary/aromatic N) is 3. The molecule has 1 aliphatic rings. The van der Waals surface area contributed by atoms with Crippen molar-refractivity contribution < 1.29 is 36.2 Å². The molecule has 1 unspecified atom stereocenters. The minimum atomic E-state index is -5.09. The van der Waals surface area contributed by atoms with Crippen LogP contribution in [0.4, 0.5) is 28.4 Å². The van der Waals surface area contributed by atoms with Gasteiger partial charge in [-0.3, -0.25) is 0 Å². The summed E-state index contributed by atoms with van der Waals surface area (Å²) in [5.74, 6) is -2.29. The van der Waals surface area contributed by atoms with Crippen molar-refractivity contribution >= 4 is 39.1 Å². The Bertz CT molecular complexity index is 958. The number of hydrogen-bond acceptors (Lipinski definition) is 6. The summed E-state index contributed by atoms with van der Waals surface area (Å²) in [6, 6.07) is 0.539. The lowest BCUT2D eigenvalue weighted by atomic mass is 10.2. The topological polar surface area (TPSA) is 68.0 Å². The highest BCUT2D eigenvalue weighted by Gasteiger charge is 2.36. The largest absolute Gasteiger partial charge is 0.573 e. The monoisotopic (exact) mass is 497 g/mol. The van der Waals surface area contributed by atoms with Gasteiger partial charge in [0.25, 0.3) is 6.01 Å². The number of carbonyl (C=O) groups excluding carboxylic acids is 1. The van der Waals surface area contributed by atoms with Crippen LogP contribution < -0.4 is 9.64 Å². The maximum absolute atomic E-state index is 14.1. The summed E-state index contributed by atoms with van der Waals surface area (Å²) in [5, 5.41) is 0. The van der Waals surface area contributed by atoms with Crippen LogP contribution in [-0.4, -0.2) is 53.6 Å². The number of alkyl halides is 3. The van der Waals surface area contributed by atoms with Crippen LogP contribution in [-0.2, 0) is 4.74 Å². The Morgan fingerprint density at radius 1 is 1.30 bits per heavy atom. The van der Waals surface area contributed by atoms with Crippen molar-refractivity contribution in [2.75, 3.05) is 24.5 Å². The second-order valence-corrected chi connectivity index (χ2v) is 8.71. The standard InChI is InChI=1S/C18H20BrF4N3O4/c1-9-8-25(16(27)30-17(2,3)4)5-6-26(9)15-24-12-13(28-15)10(19)7-11(20)14(12)29-18(21,22)23/h7,9H,5-6,8H2,1-4H3. The van der Waals surface area contributed by atoms with Crippen molar-refractivity contribution in [3.63, 3.8) is 0 Å². The van der Waals surface area contributed by atoms with Gasteiger partial charge in [-0.15, -0.1) is 13.2 Å². The number of carbonyl (C=O) groups is 1. The van der Waals surface area contributed by atoms with Crippen molar-refractivity contribution in [1.29, 1.82) is 0 Å². The van der Waals surface area contributed by atoms with Crippen LogP contribution in [0.2, 0.25) is 0 Å². The molecule has 1 atom stereocenters. The van der Waals surface area contributed by atoms with E-state index in [2.05, 4.69) is 25.7 Å². The summed E-state index contributed by atoms with van der Waals surface area (Å²) in [5.41, 5.74) is -1.11. The average molecular weight is 498 g/mol. The summed E-state index contributed by atoms with van der Waals surface area (Å²) < 4.78 is 67.1. The average Bonchev–Trinajstić information content (AvgIpc) is 3.01. The Labute approximate surface area is 178 Å². The number of hydrogen-bond donors (Lipinski definition) is 0. The van der Waals surface area contributed by atoms with Crippen LogP contribution in [0.5, 0.6) is 5.75 Å². The molecule has 0 aliphatic carbocycles. The van der Waals surface area contributed by atoms with Crippen LogP contribution in [0.1, 0.15) is 27.7 Å². The second-order valence-electron chi connectivity index (χ2n) is 7.86. The fraction of sp³-hybridized carbons (Fsp3) is 0.556. The zero-order valence-corrected chi connectivity index (χ0v) is 18.2. The number of benzene rings is 1. The zero-order chi connectivity index (χ0) is 22.4. The maximum Gasteiger partial charge on any atom is 0.573 e. The smallest absolute Gasteiger partial charge is 0.444 e. The lowest BCUT2D eigenvalue weighted by Crippen LogP contribution is -2.54. The molecule has 1 aromatic carbocycles. The van der Waals surface area contributed by atoms with E-state index in [0.29, 0.717) is 13.1 Å². The number of ether oxygens (including phenoxy) is 2. The molecule has 0 radical (unpaired) electrons. The van der Waals surface area contributed by atoms with E-state index >= 15 is 0 Å². The zero-order valence-electron chi connectivity index (χ0n) is 16.6. The third-order valence-electron chi connectivity index (χ3n) is 4.26. The van der Waals surface area contributed by atoms with E-state index in [-0.39, 0.29) is 28.7 Å². The number of aromatic nitrogens is 1. The van der Waals surface area contributed by atoms with Gasteiger partial charge in [0, 0.05) is 25.7 Å². The van der Waals surface area contributed by atoms with Gasteiger partial charge in [-0.25, -0.2) is 9.18 Å². The molecule has 166 valence electrons. The Kier molecular flexibility index (Phi) is 5.82. The van der Waals surface area contributed by atoms with Gasteiger partial charge >= 0.3 is 12.5 Å². The van der Waals surface area contributed by atoms with Gasteiger partial charge in [-0.2, -0.15) is 4.98 Å². The van der Waals surface area contributed by atoms with E-state index < -0.39 is 35.1 Å². The molecule has 2 heterocycles. The molecule has 7 nitrogen and oxygen atoms in total. The van der Waals surface area contributed by atoms with E-state index in [1.54, 1.807) is 32.6 Å². The molecule has 0 N–H and O–H groups in total. The van der Waals surface area contributed by atoms with E-state index in [4.69, 9.17) is 9.15 Å². The van der Waals surface area contributed by atoms with Gasteiger partial charge in [-0.1, -0.05) is 0 Å². The van der Waals surface area contributed by atoms with E-state index in [1.807, 2.05) is 0 Å². The highest BCUT2D eigenvalue weighted by Crippen LogP contribution is 2.39. The Morgan fingerprint density at radius 2 is 1.97 bits per heavy atom. The molecular formula is C18H20BrF4N3O4. The van der Waals surface area contributed by atoms with Gasteiger partial charge in [-0.05, 0) is 49.7 Å². The van der Waals surface area contributed by atoms with Crippen LogP contribution >= 0.6 is 15.9 Å². The highest BCUT2D eigenvalue weighted by atomic mass is 79.9. The number of amides is 1. The molecule has 1 aromatic heterocycles. The number of oxazole rings is 1. The van der Waals surface area contributed by atoms with Crippen LogP contribution in [0.15, 0.2) is 15.0 Å². The van der Waals surface area contributed by atoms with E-state index in [0.717, 1.165) is 6.07 Å². The van der Waals surface area contributed by atoms with E-state index in [1.165, 1.54) is 4.90 Å². The predicted octanol–water partition coefficient (Wildman–Crippen LogP) is 5.07. The van der Waals surface area contributed by atoms with Crippen LogP contribution in [0.25, 0.3) is 11.1 Å². The minimum Gasteiger partial charge on any atom is -0.444 e. The quantitative estimate of drug-likeness (QED) is 0.539. The summed E-state index contributed by atoms with van der Waals surface area (Å²) in [7, 11) is 0. The fourth-order valence-electron chi connectivity index (χ4n) is 3.05. The first-order valence-electron chi connectivity index (χ1n) is 9.04. The second kappa shape index (κ2) is 7.78. The molecule has 30 heavy (non-hydrogen) atoms. The van der Waals surface area contributed by atoms with Crippen LogP contribution in [0.3, 0.4) is 0 Å².